The van der Waals surface area contributed by atoms with Crippen molar-refractivity contribution in [3.05, 3.63) is 0 Å². The lowest BCUT2D eigenvalue weighted by Crippen LogP contribution is -2.00. The van der Waals surface area contributed by atoms with Crippen molar-refractivity contribution in [1.29, 1.82) is 0 Å². The van der Waals surface area contributed by atoms with Crippen molar-refractivity contribution in [3.63, 3.8) is 0 Å². The van der Waals surface area contributed by atoms with Crippen LogP contribution in [0.3, 0.4) is 0 Å². The molecule has 0 radical (unpaired) electrons. The van der Waals surface area contributed by atoms with Gasteiger partial charge in [-0.05, 0) is 59.7 Å². The van der Waals surface area contributed by atoms with Crippen molar-refractivity contribution >= 4 is 0 Å². The van der Waals surface area contributed by atoms with Gasteiger partial charge in [-0.1, -0.05) is 6.92 Å². The monoisotopic (exact) mass is 146 g/mol. The molecule has 0 aliphatic heterocycles. The predicted octanol–water partition coefficient (Wildman–Crippen LogP) is 2.30. The SMILES string of the molecule is CC1CC12C1C3C(C12)C31CC1. The number of fused-ring (bicyclic) bond motifs is 8. The van der Waals surface area contributed by atoms with Crippen LogP contribution >= 0.6 is 0 Å². The summed E-state index contributed by atoms with van der Waals surface area (Å²) in [4.78, 5) is 0. The quantitative estimate of drug-likeness (QED) is 0.492. The van der Waals surface area contributed by atoms with Crippen molar-refractivity contribution in [2.24, 2.45) is 40.4 Å². The lowest BCUT2D eigenvalue weighted by molar-refractivity contribution is 0.434. The van der Waals surface area contributed by atoms with Gasteiger partial charge in [-0.2, -0.15) is 0 Å². The van der Waals surface area contributed by atoms with Crippen molar-refractivity contribution in [1.82, 2.24) is 0 Å². The minimum Gasteiger partial charge on any atom is -0.0619 e. The van der Waals surface area contributed by atoms with Crippen molar-refractivity contribution in [3.8, 4) is 0 Å². The van der Waals surface area contributed by atoms with Crippen molar-refractivity contribution in [2.75, 3.05) is 0 Å². The first kappa shape index (κ1) is 4.89. The summed E-state index contributed by atoms with van der Waals surface area (Å²) in [5, 5.41) is 0. The predicted molar refractivity (Wildman–Crippen MR) is 41.8 cm³/mol. The van der Waals surface area contributed by atoms with Crippen LogP contribution in [-0.4, -0.2) is 0 Å². The first-order valence-corrected chi connectivity index (χ1v) is 5.32. The summed E-state index contributed by atoms with van der Waals surface area (Å²) < 4.78 is 0. The smallest absolute Gasteiger partial charge is 0.0200 e. The third-order valence-electron chi connectivity index (χ3n) is 6.14. The molecule has 0 N–H and O–H groups in total. The Bertz CT molecular complexity index is 268. The van der Waals surface area contributed by atoms with Crippen molar-refractivity contribution < 1.29 is 0 Å². The molecule has 0 nitrogen and oxygen atoms in total. The lowest BCUT2D eigenvalue weighted by atomic mass is 10.0. The van der Waals surface area contributed by atoms with Gasteiger partial charge in [0.15, 0.2) is 0 Å². The highest BCUT2D eigenvalue weighted by atomic mass is 15.0. The molecule has 5 unspecified atom stereocenters. The van der Waals surface area contributed by atoms with Gasteiger partial charge in [0, 0.05) is 0 Å². The Morgan fingerprint density at radius 3 is 1.91 bits per heavy atom. The second-order valence-corrected chi connectivity index (χ2v) is 6.05. The first-order chi connectivity index (χ1) is 5.32. The number of hydrogen-bond donors (Lipinski definition) is 0. The molecule has 5 fully saturated rings. The van der Waals surface area contributed by atoms with E-state index in [4.69, 9.17) is 0 Å². The maximum absolute atomic E-state index is 2.48. The van der Waals surface area contributed by atoms with Crippen LogP contribution in [0.25, 0.3) is 0 Å². The van der Waals surface area contributed by atoms with E-state index in [0.717, 1.165) is 16.7 Å². The van der Waals surface area contributed by atoms with Gasteiger partial charge in [-0.25, -0.2) is 0 Å². The summed E-state index contributed by atoms with van der Waals surface area (Å²) >= 11 is 0. The van der Waals surface area contributed by atoms with E-state index < -0.39 is 0 Å². The summed E-state index contributed by atoms with van der Waals surface area (Å²) in [6.45, 7) is 2.48. The van der Waals surface area contributed by atoms with E-state index in [-0.39, 0.29) is 0 Å². The molecule has 0 amide bonds. The van der Waals surface area contributed by atoms with E-state index >= 15 is 0 Å². The fourth-order valence-electron chi connectivity index (χ4n) is 5.42. The van der Waals surface area contributed by atoms with E-state index in [2.05, 4.69) is 6.92 Å². The molecule has 5 atom stereocenters. The van der Waals surface area contributed by atoms with E-state index in [1.165, 1.54) is 23.7 Å². The summed E-state index contributed by atoms with van der Waals surface area (Å²) in [5.41, 5.74) is 2.03. The van der Waals surface area contributed by atoms with Crippen LogP contribution in [0, 0.1) is 40.4 Å². The third-order valence-corrected chi connectivity index (χ3v) is 6.14. The third kappa shape index (κ3) is 0.256. The fraction of sp³-hybridized carbons (Fsp3) is 1.00. The average molecular weight is 146 g/mol. The highest BCUT2D eigenvalue weighted by Crippen LogP contribution is 3.04. The molecule has 0 aromatic rings. The zero-order valence-corrected chi connectivity index (χ0v) is 7.01. The summed E-state index contributed by atoms with van der Waals surface area (Å²) in [5.74, 6) is 6.28. The van der Waals surface area contributed by atoms with Gasteiger partial charge < -0.3 is 0 Å². The molecule has 0 saturated heterocycles. The largest absolute Gasteiger partial charge is 0.0619 e. The van der Waals surface area contributed by atoms with Crippen LogP contribution in [0.5, 0.6) is 0 Å². The Morgan fingerprint density at radius 1 is 1.00 bits per heavy atom. The van der Waals surface area contributed by atoms with Crippen LogP contribution in [0.1, 0.15) is 26.2 Å². The van der Waals surface area contributed by atoms with Crippen LogP contribution in [-0.2, 0) is 0 Å². The molecule has 5 rings (SSSR count). The maximum Gasteiger partial charge on any atom is -0.0200 e. The lowest BCUT2D eigenvalue weighted by Gasteiger charge is -2.03. The summed E-state index contributed by atoms with van der Waals surface area (Å²) in [6, 6.07) is 0. The molecular weight excluding hydrogens is 132 g/mol. The van der Waals surface area contributed by atoms with Gasteiger partial charge in [0.25, 0.3) is 0 Å². The van der Waals surface area contributed by atoms with E-state index in [0.29, 0.717) is 0 Å². The van der Waals surface area contributed by atoms with Crippen molar-refractivity contribution in [2.45, 2.75) is 26.2 Å². The molecule has 5 aliphatic rings. The van der Waals surface area contributed by atoms with E-state index in [1.807, 2.05) is 0 Å². The molecule has 11 heavy (non-hydrogen) atoms. The van der Waals surface area contributed by atoms with E-state index in [9.17, 15) is 0 Å². The molecule has 5 aliphatic carbocycles. The second-order valence-electron chi connectivity index (χ2n) is 6.05. The highest BCUT2D eigenvalue weighted by Gasteiger charge is 2.99. The molecule has 58 valence electrons. The average Bonchev–Trinajstić information content (AvgIpc) is 2.71. The van der Waals surface area contributed by atoms with Gasteiger partial charge in [0.05, 0.1) is 0 Å². The Kier molecular flexibility index (Phi) is 0.400. The molecular formula is C11H14. The number of hydrogen-bond acceptors (Lipinski definition) is 0. The molecule has 5 saturated carbocycles. The van der Waals surface area contributed by atoms with Gasteiger partial charge in [-0.3, -0.25) is 0 Å². The topological polar surface area (TPSA) is 0 Å². The molecule has 0 aromatic heterocycles. The zero-order valence-electron chi connectivity index (χ0n) is 7.01. The minimum absolute atomic E-state index is 1.00. The Balaban J connectivity index is 1.59. The Labute approximate surface area is 67.4 Å². The van der Waals surface area contributed by atoms with Crippen LogP contribution < -0.4 is 0 Å². The molecule has 0 heterocycles. The normalized spacial score (nSPS) is 82.1. The summed E-state index contributed by atoms with van der Waals surface area (Å²) in [6.07, 6.45) is 4.87. The molecule has 0 aromatic carbocycles. The van der Waals surface area contributed by atoms with E-state index in [1.54, 1.807) is 19.3 Å². The number of rotatable bonds is 0. The van der Waals surface area contributed by atoms with Gasteiger partial charge in [0.2, 0.25) is 0 Å². The van der Waals surface area contributed by atoms with Crippen LogP contribution in [0.2, 0.25) is 0 Å². The molecule has 0 bridgehead atoms. The van der Waals surface area contributed by atoms with Gasteiger partial charge in [-0.15, -0.1) is 0 Å². The highest BCUT2D eigenvalue weighted by molar-refractivity contribution is 5.46. The Morgan fingerprint density at radius 2 is 1.55 bits per heavy atom. The standard InChI is InChI=1S/C11H14/c1-5-4-11(5)8-6-7(9(8)11)10(6)2-3-10/h5-9H,2-4H2,1H3. The summed E-state index contributed by atoms with van der Waals surface area (Å²) in [7, 11) is 0. The molecule has 0 heteroatoms. The Hall–Kier alpha value is 0. The minimum atomic E-state index is 1.00. The maximum atomic E-state index is 2.48. The van der Waals surface area contributed by atoms with Gasteiger partial charge in [0.1, 0.15) is 0 Å². The first-order valence-electron chi connectivity index (χ1n) is 5.32. The fourth-order valence-corrected chi connectivity index (χ4v) is 5.42. The van der Waals surface area contributed by atoms with Gasteiger partial charge >= 0.3 is 0 Å². The van der Waals surface area contributed by atoms with Crippen LogP contribution in [0.4, 0.5) is 0 Å². The van der Waals surface area contributed by atoms with Crippen LogP contribution in [0.15, 0.2) is 0 Å². The molecule has 2 spiro atoms. The second kappa shape index (κ2) is 0.900. The zero-order chi connectivity index (χ0) is 7.01.